The molecule has 3 atom stereocenters. The van der Waals surface area contributed by atoms with Crippen molar-refractivity contribution in [2.75, 3.05) is 6.54 Å². The Labute approximate surface area is 122 Å². The fourth-order valence-electron chi connectivity index (χ4n) is 2.80. The molecule has 1 rings (SSSR count). The highest BCUT2D eigenvalue weighted by Crippen LogP contribution is 2.34. The first kappa shape index (κ1) is 16.7. The van der Waals surface area contributed by atoms with Crippen molar-refractivity contribution in [1.82, 2.24) is 0 Å². The summed E-state index contributed by atoms with van der Waals surface area (Å²) in [4.78, 5) is 11.5. The van der Waals surface area contributed by atoms with Crippen molar-refractivity contribution < 1.29 is 9.53 Å². The molecule has 0 spiro atoms. The minimum absolute atomic E-state index is 0.0650. The van der Waals surface area contributed by atoms with Crippen LogP contribution < -0.4 is 5.73 Å². The van der Waals surface area contributed by atoms with Crippen molar-refractivity contribution in [2.24, 2.45) is 11.7 Å². The van der Waals surface area contributed by atoms with Gasteiger partial charge in [0.15, 0.2) is 0 Å². The first-order chi connectivity index (χ1) is 9.40. The summed E-state index contributed by atoms with van der Waals surface area (Å²) < 4.78 is 5.46. The van der Waals surface area contributed by atoms with Crippen molar-refractivity contribution in [2.45, 2.75) is 53.1 Å². The number of aryl methyl sites for hydroxylation is 2. The maximum absolute atomic E-state index is 11.5. The first-order valence-electron chi connectivity index (χ1n) is 7.37. The van der Waals surface area contributed by atoms with E-state index in [1.165, 1.54) is 16.7 Å². The third-order valence-corrected chi connectivity index (χ3v) is 4.03. The Bertz CT molecular complexity index is 456. The summed E-state index contributed by atoms with van der Waals surface area (Å²) in [5, 5.41) is 0. The van der Waals surface area contributed by atoms with E-state index in [1.54, 1.807) is 0 Å². The highest BCUT2D eigenvalue weighted by Gasteiger charge is 2.28. The van der Waals surface area contributed by atoms with E-state index >= 15 is 0 Å². The second-order valence-electron chi connectivity index (χ2n) is 5.67. The van der Waals surface area contributed by atoms with Crippen LogP contribution in [0.5, 0.6) is 0 Å². The zero-order chi connectivity index (χ0) is 15.3. The van der Waals surface area contributed by atoms with Gasteiger partial charge in [-0.25, -0.2) is 0 Å². The van der Waals surface area contributed by atoms with Gasteiger partial charge in [0.05, 0.1) is 6.54 Å². The third kappa shape index (κ3) is 4.07. The van der Waals surface area contributed by atoms with Crippen LogP contribution >= 0.6 is 0 Å². The van der Waals surface area contributed by atoms with Crippen molar-refractivity contribution >= 4 is 5.97 Å². The number of hydrogen-bond donors (Lipinski definition) is 1. The van der Waals surface area contributed by atoms with E-state index in [1.807, 2.05) is 6.92 Å². The van der Waals surface area contributed by atoms with E-state index in [9.17, 15) is 4.79 Å². The molecule has 20 heavy (non-hydrogen) atoms. The molecule has 0 saturated heterocycles. The summed E-state index contributed by atoms with van der Waals surface area (Å²) in [7, 11) is 0. The second-order valence-corrected chi connectivity index (χ2v) is 5.67. The molecular formula is C17H27NO2. The standard InChI is InChI=1S/C17H27NO2/c1-6-12(3)17(14(5)20-16(19)10-18)15-8-7-11(2)9-13(15)4/h7-9,12,14,17H,6,10,18H2,1-5H3. The quantitative estimate of drug-likeness (QED) is 0.811. The van der Waals surface area contributed by atoms with Gasteiger partial charge in [0.25, 0.3) is 0 Å². The molecule has 1 aromatic carbocycles. The van der Waals surface area contributed by atoms with Gasteiger partial charge in [-0.2, -0.15) is 0 Å². The largest absolute Gasteiger partial charge is 0.461 e. The number of carbonyl (C=O) groups is 1. The Balaban J connectivity index is 3.08. The monoisotopic (exact) mass is 277 g/mol. The van der Waals surface area contributed by atoms with Crippen LogP contribution in [0.1, 0.15) is 49.8 Å². The molecule has 0 aliphatic carbocycles. The Kier molecular flexibility index (Phi) is 6.21. The van der Waals surface area contributed by atoms with E-state index < -0.39 is 0 Å². The molecule has 0 heterocycles. The third-order valence-electron chi connectivity index (χ3n) is 4.03. The summed E-state index contributed by atoms with van der Waals surface area (Å²) >= 11 is 0. The number of benzene rings is 1. The molecule has 0 amide bonds. The normalized spacial score (nSPS) is 15.5. The molecule has 112 valence electrons. The van der Waals surface area contributed by atoms with E-state index in [0.29, 0.717) is 5.92 Å². The van der Waals surface area contributed by atoms with Gasteiger partial charge >= 0.3 is 5.97 Å². The van der Waals surface area contributed by atoms with Crippen molar-refractivity contribution in [3.05, 3.63) is 34.9 Å². The van der Waals surface area contributed by atoms with Crippen LogP contribution in [0.3, 0.4) is 0 Å². The van der Waals surface area contributed by atoms with Crippen molar-refractivity contribution in [3.8, 4) is 0 Å². The lowest BCUT2D eigenvalue weighted by Gasteiger charge is -2.30. The van der Waals surface area contributed by atoms with Gasteiger partial charge in [-0.15, -0.1) is 0 Å². The highest BCUT2D eigenvalue weighted by molar-refractivity contribution is 5.71. The summed E-state index contributed by atoms with van der Waals surface area (Å²) in [6.07, 6.45) is 0.880. The van der Waals surface area contributed by atoms with Gasteiger partial charge in [-0.05, 0) is 37.8 Å². The Morgan fingerprint density at radius 3 is 2.45 bits per heavy atom. The topological polar surface area (TPSA) is 52.3 Å². The fraction of sp³-hybridized carbons (Fsp3) is 0.588. The average Bonchev–Trinajstić information content (AvgIpc) is 2.40. The van der Waals surface area contributed by atoms with Gasteiger partial charge < -0.3 is 10.5 Å². The maximum atomic E-state index is 11.5. The van der Waals surface area contributed by atoms with Crippen LogP contribution in [0.25, 0.3) is 0 Å². The minimum Gasteiger partial charge on any atom is -0.461 e. The van der Waals surface area contributed by atoms with Crippen molar-refractivity contribution in [3.63, 3.8) is 0 Å². The average molecular weight is 277 g/mol. The number of nitrogens with two attached hydrogens (primary N) is 1. The molecular weight excluding hydrogens is 250 g/mol. The number of rotatable bonds is 6. The molecule has 0 aliphatic rings. The van der Waals surface area contributed by atoms with E-state index in [2.05, 4.69) is 45.9 Å². The summed E-state index contributed by atoms with van der Waals surface area (Å²) in [5.41, 5.74) is 9.12. The van der Waals surface area contributed by atoms with E-state index in [4.69, 9.17) is 10.5 Å². The minimum atomic E-state index is -0.337. The number of hydrogen-bond acceptors (Lipinski definition) is 3. The Morgan fingerprint density at radius 1 is 1.30 bits per heavy atom. The van der Waals surface area contributed by atoms with Crippen LogP contribution in [0.2, 0.25) is 0 Å². The van der Waals surface area contributed by atoms with Crippen LogP contribution in [-0.4, -0.2) is 18.6 Å². The van der Waals surface area contributed by atoms with E-state index in [-0.39, 0.29) is 24.5 Å². The molecule has 3 heteroatoms. The number of esters is 1. The molecule has 1 aromatic rings. The van der Waals surface area contributed by atoms with E-state index in [0.717, 1.165) is 6.42 Å². The number of ether oxygens (including phenoxy) is 1. The molecule has 0 radical (unpaired) electrons. The molecule has 0 aromatic heterocycles. The smallest absolute Gasteiger partial charge is 0.319 e. The van der Waals surface area contributed by atoms with Gasteiger partial charge in [-0.3, -0.25) is 4.79 Å². The Hall–Kier alpha value is -1.35. The SMILES string of the molecule is CCC(C)C(c1ccc(C)cc1C)C(C)OC(=O)CN. The fourth-order valence-corrected chi connectivity index (χ4v) is 2.80. The van der Waals surface area contributed by atoms with Gasteiger partial charge in [0.1, 0.15) is 6.10 Å². The zero-order valence-corrected chi connectivity index (χ0v) is 13.3. The predicted molar refractivity (Wildman–Crippen MR) is 82.7 cm³/mol. The molecule has 3 nitrogen and oxygen atoms in total. The van der Waals surface area contributed by atoms with Gasteiger partial charge in [0, 0.05) is 5.92 Å². The molecule has 2 N–H and O–H groups in total. The van der Waals surface area contributed by atoms with Crippen LogP contribution in [0, 0.1) is 19.8 Å². The summed E-state index contributed by atoms with van der Waals surface area (Å²) in [5.74, 6) is 0.309. The Morgan fingerprint density at radius 2 is 1.95 bits per heavy atom. The van der Waals surface area contributed by atoms with Crippen LogP contribution in [-0.2, 0) is 9.53 Å². The second kappa shape index (κ2) is 7.44. The van der Waals surface area contributed by atoms with Crippen LogP contribution in [0.4, 0.5) is 0 Å². The number of carbonyl (C=O) groups excluding carboxylic acids is 1. The molecule has 0 saturated carbocycles. The predicted octanol–water partition coefficient (Wildman–Crippen LogP) is 3.32. The summed E-state index contributed by atoms with van der Waals surface area (Å²) in [6, 6.07) is 6.46. The maximum Gasteiger partial charge on any atom is 0.319 e. The van der Waals surface area contributed by atoms with Gasteiger partial charge in [-0.1, -0.05) is 44.0 Å². The summed E-state index contributed by atoms with van der Waals surface area (Å²) in [6.45, 7) is 10.5. The lowest BCUT2D eigenvalue weighted by Crippen LogP contribution is -2.30. The first-order valence-corrected chi connectivity index (χ1v) is 7.37. The molecule has 0 bridgehead atoms. The lowest BCUT2D eigenvalue weighted by molar-refractivity contribution is -0.148. The highest BCUT2D eigenvalue weighted by atomic mass is 16.5. The lowest BCUT2D eigenvalue weighted by atomic mass is 9.80. The van der Waals surface area contributed by atoms with Crippen molar-refractivity contribution in [1.29, 1.82) is 0 Å². The molecule has 0 fully saturated rings. The zero-order valence-electron chi connectivity index (χ0n) is 13.3. The molecule has 0 aliphatic heterocycles. The van der Waals surface area contributed by atoms with Crippen LogP contribution in [0.15, 0.2) is 18.2 Å². The molecule has 3 unspecified atom stereocenters. The van der Waals surface area contributed by atoms with Gasteiger partial charge in [0.2, 0.25) is 0 Å².